The average molecular weight is 424 g/mol. The summed E-state index contributed by atoms with van der Waals surface area (Å²) in [5.41, 5.74) is 7.85. The Kier molecular flexibility index (Phi) is 9.51. The number of nitriles is 1. The van der Waals surface area contributed by atoms with Gasteiger partial charge in [-0.2, -0.15) is 5.26 Å². The Hall–Kier alpha value is -2.88. The number of amides is 1. The number of benzene rings is 2. The van der Waals surface area contributed by atoms with E-state index in [1.807, 2.05) is 74.5 Å². The van der Waals surface area contributed by atoms with Crippen LogP contribution in [0.2, 0.25) is 0 Å². The van der Waals surface area contributed by atoms with E-state index in [9.17, 15) is 9.90 Å². The second-order valence-electron chi connectivity index (χ2n) is 8.66. The van der Waals surface area contributed by atoms with Gasteiger partial charge in [0, 0.05) is 19.0 Å². The number of rotatable bonds is 11. The van der Waals surface area contributed by atoms with Crippen LogP contribution in [-0.2, 0) is 17.8 Å². The van der Waals surface area contributed by atoms with Crippen LogP contribution in [0.5, 0.6) is 0 Å². The first-order valence-electron chi connectivity index (χ1n) is 10.6. The molecule has 0 aliphatic carbocycles. The summed E-state index contributed by atoms with van der Waals surface area (Å²) >= 11 is 0. The van der Waals surface area contributed by atoms with E-state index in [-0.39, 0.29) is 18.6 Å². The third-order valence-electron chi connectivity index (χ3n) is 5.21. The third-order valence-corrected chi connectivity index (χ3v) is 5.21. The molecule has 31 heavy (non-hydrogen) atoms. The molecule has 2 aromatic rings. The summed E-state index contributed by atoms with van der Waals surface area (Å²) < 4.78 is 5.51. The van der Waals surface area contributed by atoms with Crippen LogP contribution in [-0.4, -0.2) is 41.3 Å². The molecule has 1 amide bonds. The summed E-state index contributed by atoms with van der Waals surface area (Å²) in [4.78, 5) is 14.4. The van der Waals surface area contributed by atoms with E-state index in [0.717, 1.165) is 11.1 Å². The molecule has 2 atom stereocenters. The van der Waals surface area contributed by atoms with E-state index in [4.69, 9.17) is 15.7 Å². The lowest BCUT2D eigenvalue weighted by atomic mass is 9.87. The third kappa shape index (κ3) is 8.79. The predicted molar refractivity (Wildman–Crippen MR) is 121 cm³/mol. The maximum Gasteiger partial charge on any atom is 0.410 e. The van der Waals surface area contributed by atoms with Gasteiger partial charge in [-0.3, -0.25) is 0 Å². The number of aliphatic hydroxyl groups is 1. The zero-order chi connectivity index (χ0) is 22.7. The summed E-state index contributed by atoms with van der Waals surface area (Å²) in [6.07, 6.45) is 0.136. The van der Waals surface area contributed by atoms with Gasteiger partial charge in [0.05, 0.1) is 18.7 Å². The Morgan fingerprint density at radius 1 is 1.13 bits per heavy atom. The lowest BCUT2D eigenvalue weighted by Crippen LogP contribution is -2.49. The normalized spacial score (nSPS) is 13.1. The molecule has 0 saturated carbocycles. The molecule has 0 aliphatic heterocycles. The number of ether oxygens (including phenoxy) is 1. The smallest absolute Gasteiger partial charge is 0.410 e. The highest BCUT2D eigenvalue weighted by atomic mass is 16.6. The second kappa shape index (κ2) is 12.1. The standard InChI is InChI=1S/C25H33N3O3/c1-25(2,14-9-15-26)19-28(24(30)31-18-21-12-7-4-8-13-21)17-23(29)22(27)16-20-10-5-3-6-11-20/h3-8,10-13,22-23,29H,9,14,16-19,27H2,1-2H3/t22-,23?/m0/s1. The lowest BCUT2D eigenvalue weighted by Gasteiger charge is -2.34. The highest BCUT2D eigenvalue weighted by Crippen LogP contribution is 2.24. The zero-order valence-corrected chi connectivity index (χ0v) is 18.4. The van der Waals surface area contributed by atoms with Gasteiger partial charge in [0.25, 0.3) is 0 Å². The number of nitrogens with two attached hydrogens (primary N) is 1. The molecule has 0 aliphatic rings. The fraction of sp³-hybridized carbons (Fsp3) is 0.440. The fourth-order valence-corrected chi connectivity index (χ4v) is 3.39. The van der Waals surface area contributed by atoms with Crippen molar-refractivity contribution in [2.45, 2.75) is 51.9 Å². The molecule has 0 aromatic heterocycles. The molecule has 166 valence electrons. The highest BCUT2D eigenvalue weighted by molar-refractivity contribution is 5.67. The lowest BCUT2D eigenvalue weighted by molar-refractivity contribution is 0.0452. The van der Waals surface area contributed by atoms with Gasteiger partial charge in [-0.25, -0.2) is 4.79 Å². The Bertz CT molecular complexity index is 834. The SMILES string of the molecule is CC(C)(CCC#N)CN(CC(O)[C@@H](N)Cc1ccccc1)C(=O)OCc1ccccc1. The second-order valence-corrected chi connectivity index (χ2v) is 8.66. The Morgan fingerprint density at radius 3 is 2.29 bits per heavy atom. The molecule has 0 saturated heterocycles. The quantitative estimate of drug-likeness (QED) is 0.571. The summed E-state index contributed by atoms with van der Waals surface area (Å²) in [6, 6.07) is 20.8. The largest absolute Gasteiger partial charge is 0.445 e. The molecular formula is C25H33N3O3. The number of hydrogen-bond donors (Lipinski definition) is 2. The van der Waals surface area contributed by atoms with Crippen LogP contribution in [0, 0.1) is 16.7 Å². The summed E-state index contributed by atoms with van der Waals surface area (Å²) in [6.45, 7) is 4.58. The Balaban J connectivity index is 2.04. The molecule has 0 fully saturated rings. The molecule has 2 rings (SSSR count). The van der Waals surface area contributed by atoms with Crippen LogP contribution in [0.1, 0.15) is 37.8 Å². The Labute approximate surface area is 185 Å². The average Bonchev–Trinajstić information content (AvgIpc) is 2.76. The molecule has 2 aromatic carbocycles. The minimum Gasteiger partial charge on any atom is -0.445 e. The van der Waals surface area contributed by atoms with E-state index in [2.05, 4.69) is 6.07 Å². The molecule has 0 radical (unpaired) electrons. The zero-order valence-electron chi connectivity index (χ0n) is 18.4. The van der Waals surface area contributed by atoms with Crippen molar-refractivity contribution in [3.8, 4) is 6.07 Å². The molecule has 3 N–H and O–H groups in total. The molecule has 6 nitrogen and oxygen atoms in total. The Morgan fingerprint density at radius 2 is 1.71 bits per heavy atom. The van der Waals surface area contributed by atoms with E-state index in [0.29, 0.717) is 25.8 Å². The van der Waals surface area contributed by atoms with Crippen molar-refractivity contribution < 1.29 is 14.6 Å². The monoisotopic (exact) mass is 423 g/mol. The first-order valence-corrected chi connectivity index (χ1v) is 10.6. The summed E-state index contributed by atoms with van der Waals surface area (Å²) in [5, 5.41) is 19.7. The van der Waals surface area contributed by atoms with Crippen LogP contribution in [0.15, 0.2) is 60.7 Å². The van der Waals surface area contributed by atoms with Gasteiger partial charge < -0.3 is 20.5 Å². The van der Waals surface area contributed by atoms with Crippen LogP contribution >= 0.6 is 0 Å². The van der Waals surface area contributed by atoms with Crippen molar-refractivity contribution >= 4 is 6.09 Å². The van der Waals surface area contributed by atoms with Gasteiger partial charge in [-0.1, -0.05) is 74.5 Å². The van der Waals surface area contributed by atoms with Crippen LogP contribution in [0.3, 0.4) is 0 Å². The van der Waals surface area contributed by atoms with Crippen molar-refractivity contribution in [3.63, 3.8) is 0 Å². The molecule has 6 heteroatoms. The first kappa shape index (κ1) is 24.4. The number of aliphatic hydroxyl groups excluding tert-OH is 1. The molecule has 1 unspecified atom stereocenters. The van der Waals surface area contributed by atoms with Crippen molar-refractivity contribution in [2.75, 3.05) is 13.1 Å². The van der Waals surface area contributed by atoms with Gasteiger partial charge in [0.1, 0.15) is 6.61 Å². The maximum absolute atomic E-state index is 12.9. The number of carbonyl (C=O) groups excluding carboxylic acids is 1. The minimum absolute atomic E-state index is 0.0671. The van der Waals surface area contributed by atoms with Crippen molar-refractivity contribution in [2.24, 2.45) is 11.1 Å². The van der Waals surface area contributed by atoms with Crippen LogP contribution in [0.25, 0.3) is 0 Å². The van der Waals surface area contributed by atoms with Crippen molar-refractivity contribution in [1.29, 1.82) is 5.26 Å². The summed E-state index contributed by atoms with van der Waals surface area (Å²) in [5.74, 6) is 0. The predicted octanol–water partition coefficient (Wildman–Crippen LogP) is 3.89. The fourth-order valence-electron chi connectivity index (χ4n) is 3.39. The molecular weight excluding hydrogens is 390 g/mol. The first-order chi connectivity index (χ1) is 14.8. The maximum atomic E-state index is 12.9. The van der Waals surface area contributed by atoms with Crippen LogP contribution < -0.4 is 5.73 Å². The van der Waals surface area contributed by atoms with E-state index in [1.54, 1.807) is 0 Å². The van der Waals surface area contributed by atoms with Crippen molar-refractivity contribution in [1.82, 2.24) is 4.90 Å². The van der Waals surface area contributed by atoms with Gasteiger partial charge in [0.2, 0.25) is 0 Å². The highest BCUT2D eigenvalue weighted by Gasteiger charge is 2.29. The van der Waals surface area contributed by atoms with Gasteiger partial charge in [0.15, 0.2) is 0 Å². The van der Waals surface area contributed by atoms with Gasteiger partial charge in [-0.15, -0.1) is 0 Å². The van der Waals surface area contributed by atoms with E-state index >= 15 is 0 Å². The topological polar surface area (TPSA) is 99.6 Å². The number of nitrogens with zero attached hydrogens (tertiary/aromatic N) is 2. The van der Waals surface area contributed by atoms with Crippen LogP contribution in [0.4, 0.5) is 4.79 Å². The van der Waals surface area contributed by atoms with E-state index in [1.165, 1.54) is 4.90 Å². The minimum atomic E-state index is -0.906. The van der Waals surface area contributed by atoms with Gasteiger partial charge in [-0.05, 0) is 29.4 Å². The van der Waals surface area contributed by atoms with E-state index < -0.39 is 18.2 Å². The number of hydrogen-bond acceptors (Lipinski definition) is 5. The molecule has 0 heterocycles. The molecule has 0 spiro atoms. The van der Waals surface area contributed by atoms with Gasteiger partial charge >= 0.3 is 6.09 Å². The number of carbonyl (C=O) groups is 1. The molecule has 0 bridgehead atoms. The van der Waals surface area contributed by atoms with Crippen molar-refractivity contribution in [3.05, 3.63) is 71.8 Å². The summed E-state index contributed by atoms with van der Waals surface area (Å²) in [7, 11) is 0.